The van der Waals surface area contributed by atoms with Gasteiger partial charge in [-0.25, -0.2) is 9.99 Å². The van der Waals surface area contributed by atoms with Crippen molar-refractivity contribution >= 4 is 46.7 Å². The fraction of sp³-hybridized carbons (Fsp3) is 0.143. The molecule has 21 heavy (non-hydrogen) atoms. The molecule has 0 radical (unpaired) electrons. The van der Waals surface area contributed by atoms with Gasteiger partial charge >= 0.3 is 0 Å². The Morgan fingerprint density at radius 2 is 2.05 bits per heavy atom. The number of anilines is 1. The molecule has 1 N–H and O–H groups in total. The summed E-state index contributed by atoms with van der Waals surface area (Å²) in [7, 11) is 0. The Morgan fingerprint density at radius 3 is 2.76 bits per heavy atom. The lowest BCUT2D eigenvalue weighted by Crippen LogP contribution is -2.34. The molecule has 1 aliphatic rings. The molecular formula is C14H11Cl2N3OS. The Labute approximate surface area is 136 Å². The maximum absolute atomic E-state index is 12.1. The Morgan fingerprint density at radius 1 is 1.29 bits per heavy atom. The number of rotatable bonds is 3. The number of carbonyl (C=O) groups is 1. The third kappa shape index (κ3) is 3.10. The van der Waals surface area contributed by atoms with E-state index in [1.54, 1.807) is 22.8 Å². The lowest BCUT2D eigenvalue weighted by Gasteiger charge is -2.25. The molecule has 1 aliphatic heterocycles. The number of thioether (sulfide) groups is 1. The van der Waals surface area contributed by atoms with E-state index in [4.69, 9.17) is 23.2 Å². The fourth-order valence-corrected chi connectivity index (χ4v) is 3.55. The van der Waals surface area contributed by atoms with Crippen molar-refractivity contribution in [2.24, 2.45) is 0 Å². The van der Waals surface area contributed by atoms with Gasteiger partial charge in [-0.3, -0.25) is 10.2 Å². The molecule has 2 heterocycles. The maximum Gasteiger partial charge on any atom is 0.252 e. The largest absolute Gasteiger partial charge is 0.277 e. The smallest absolute Gasteiger partial charge is 0.252 e. The highest BCUT2D eigenvalue weighted by Crippen LogP contribution is 2.39. The quantitative estimate of drug-likeness (QED) is 0.918. The van der Waals surface area contributed by atoms with Gasteiger partial charge in [0, 0.05) is 6.20 Å². The standard InChI is InChI=1S/C14H11Cl2N3OS/c15-10-6-11(16)13(17-7-10)18-19-12(20)8-21-14(19)9-4-2-1-3-5-9/h1-7,14H,8H2,(H,17,18)/t14-/m0/s1. The van der Waals surface area contributed by atoms with Gasteiger partial charge in [0.1, 0.15) is 5.37 Å². The van der Waals surface area contributed by atoms with Crippen molar-refractivity contribution in [3.8, 4) is 0 Å². The molecular weight excluding hydrogens is 329 g/mol. The number of hydrazine groups is 1. The van der Waals surface area contributed by atoms with Gasteiger partial charge in [0.25, 0.3) is 5.91 Å². The van der Waals surface area contributed by atoms with Crippen LogP contribution in [0.25, 0.3) is 0 Å². The summed E-state index contributed by atoms with van der Waals surface area (Å²) < 4.78 is 0. The molecule has 108 valence electrons. The molecule has 1 atom stereocenters. The SMILES string of the molecule is O=C1CS[C@@H](c2ccccc2)N1Nc1ncc(Cl)cc1Cl. The van der Waals surface area contributed by atoms with E-state index in [0.29, 0.717) is 21.6 Å². The van der Waals surface area contributed by atoms with Gasteiger partial charge in [-0.15, -0.1) is 11.8 Å². The normalized spacial score (nSPS) is 18.1. The maximum atomic E-state index is 12.1. The molecule has 1 aromatic carbocycles. The highest BCUT2D eigenvalue weighted by Gasteiger charge is 2.33. The first-order valence-corrected chi connectivity index (χ1v) is 8.02. The number of hydrogen-bond donors (Lipinski definition) is 1. The Kier molecular flexibility index (Phi) is 4.24. The van der Waals surface area contributed by atoms with Crippen LogP contribution in [0.2, 0.25) is 10.0 Å². The second-order valence-electron chi connectivity index (χ2n) is 4.43. The van der Waals surface area contributed by atoms with E-state index in [1.807, 2.05) is 30.3 Å². The van der Waals surface area contributed by atoms with Crippen LogP contribution in [0.3, 0.4) is 0 Å². The minimum absolute atomic E-state index is 0.0123. The van der Waals surface area contributed by atoms with Crippen LogP contribution in [0.1, 0.15) is 10.9 Å². The molecule has 0 unspecified atom stereocenters. The number of halogens is 2. The number of nitrogens with one attached hydrogen (secondary N) is 1. The van der Waals surface area contributed by atoms with E-state index in [0.717, 1.165) is 5.56 Å². The summed E-state index contributed by atoms with van der Waals surface area (Å²) in [6.07, 6.45) is 1.49. The molecule has 1 saturated heterocycles. The zero-order valence-electron chi connectivity index (χ0n) is 10.8. The lowest BCUT2D eigenvalue weighted by atomic mass is 10.2. The van der Waals surface area contributed by atoms with E-state index in [9.17, 15) is 4.79 Å². The topological polar surface area (TPSA) is 45.2 Å². The minimum atomic E-state index is -0.104. The van der Waals surface area contributed by atoms with E-state index in [2.05, 4.69) is 10.4 Å². The van der Waals surface area contributed by atoms with Crippen molar-refractivity contribution in [2.75, 3.05) is 11.2 Å². The monoisotopic (exact) mass is 339 g/mol. The van der Waals surface area contributed by atoms with Crippen LogP contribution in [0, 0.1) is 0 Å². The van der Waals surface area contributed by atoms with Crippen LogP contribution in [-0.4, -0.2) is 21.7 Å². The molecule has 0 bridgehead atoms. The number of carbonyl (C=O) groups excluding carboxylic acids is 1. The van der Waals surface area contributed by atoms with Gasteiger partial charge in [-0.1, -0.05) is 53.5 Å². The number of pyridine rings is 1. The predicted molar refractivity (Wildman–Crippen MR) is 86.4 cm³/mol. The van der Waals surface area contributed by atoms with Gasteiger partial charge in [-0.05, 0) is 11.6 Å². The zero-order valence-corrected chi connectivity index (χ0v) is 13.1. The number of hydrogen-bond acceptors (Lipinski definition) is 4. The molecule has 7 heteroatoms. The third-order valence-corrected chi connectivity index (χ3v) is 4.69. The van der Waals surface area contributed by atoms with Gasteiger partial charge in [0.05, 0.1) is 15.8 Å². The molecule has 4 nitrogen and oxygen atoms in total. The van der Waals surface area contributed by atoms with Crippen LogP contribution in [0.4, 0.5) is 5.82 Å². The Hall–Kier alpha value is -1.43. The van der Waals surface area contributed by atoms with E-state index in [-0.39, 0.29) is 11.3 Å². The average Bonchev–Trinajstić information content (AvgIpc) is 2.84. The summed E-state index contributed by atoms with van der Waals surface area (Å²) in [5, 5.41) is 2.28. The van der Waals surface area contributed by atoms with Crippen LogP contribution < -0.4 is 5.43 Å². The van der Waals surface area contributed by atoms with Crippen molar-refractivity contribution in [1.82, 2.24) is 9.99 Å². The van der Waals surface area contributed by atoms with Gasteiger partial charge in [-0.2, -0.15) is 0 Å². The molecule has 2 aromatic rings. The summed E-state index contributed by atoms with van der Waals surface area (Å²) in [5.41, 5.74) is 4.04. The summed E-state index contributed by atoms with van der Waals surface area (Å²) in [4.78, 5) is 16.2. The number of nitrogens with zero attached hydrogens (tertiary/aromatic N) is 2. The molecule has 0 spiro atoms. The van der Waals surface area contributed by atoms with Crippen molar-refractivity contribution in [3.63, 3.8) is 0 Å². The van der Waals surface area contributed by atoms with Crippen molar-refractivity contribution < 1.29 is 4.79 Å². The van der Waals surface area contributed by atoms with Gasteiger partial charge in [0.2, 0.25) is 0 Å². The van der Waals surface area contributed by atoms with Gasteiger partial charge in [0.15, 0.2) is 5.82 Å². The first-order chi connectivity index (χ1) is 10.1. The van der Waals surface area contributed by atoms with Crippen LogP contribution in [0.5, 0.6) is 0 Å². The number of aromatic nitrogens is 1. The van der Waals surface area contributed by atoms with Crippen molar-refractivity contribution in [2.45, 2.75) is 5.37 Å². The first-order valence-electron chi connectivity index (χ1n) is 6.21. The number of amides is 1. The molecule has 0 aliphatic carbocycles. The second-order valence-corrected chi connectivity index (χ2v) is 6.35. The van der Waals surface area contributed by atoms with Crippen molar-refractivity contribution in [1.29, 1.82) is 0 Å². The van der Waals surface area contributed by atoms with E-state index in [1.165, 1.54) is 6.20 Å². The minimum Gasteiger partial charge on any atom is -0.277 e. The summed E-state index contributed by atoms with van der Waals surface area (Å²) >= 11 is 13.5. The average molecular weight is 340 g/mol. The Balaban J connectivity index is 1.86. The summed E-state index contributed by atoms with van der Waals surface area (Å²) in [6, 6.07) is 11.4. The molecule has 1 amide bonds. The van der Waals surface area contributed by atoms with Crippen LogP contribution in [-0.2, 0) is 4.79 Å². The first kappa shape index (κ1) is 14.5. The highest BCUT2D eigenvalue weighted by atomic mass is 35.5. The van der Waals surface area contributed by atoms with E-state index < -0.39 is 0 Å². The van der Waals surface area contributed by atoms with E-state index >= 15 is 0 Å². The lowest BCUT2D eigenvalue weighted by molar-refractivity contribution is -0.126. The predicted octanol–water partition coefficient (Wildman–Crippen LogP) is 3.99. The molecule has 3 rings (SSSR count). The third-order valence-electron chi connectivity index (χ3n) is 2.99. The van der Waals surface area contributed by atoms with Gasteiger partial charge < -0.3 is 0 Å². The van der Waals surface area contributed by atoms with Crippen LogP contribution >= 0.6 is 35.0 Å². The Bertz CT molecular complexity index is 669. The zero-order chi connectivity index (χ0) is 14.8. The summed E-state index contributed by atoms with van der Waals surface area (Å²) in [6.45, 7) is 0. The van der Waals surface area contributed by atoms with Crippen molar-refractivity contribution in [3.05, 3.63) is 58.2 Å². The number of benzene rings is 1. The summed E-state index contributed by atoms with van der Waals surface area (Å²) in [5.74, 6) is 0.817. The molecule has 1 fully saturated rings. The van der Waals surface area contributed by atoms with Crippen LogP contribution in [0.15, 0.2) is 42.6 Å². The fourth-order valence-electron chi connectivity index (χ4n) is 2.02. The molecule has 0 saturated carbocycles. The highest BCUT2D eigenvalue weighted by molar-refractivity contribution is 8.00. The second kappa shape index (κ2) is 6.13. The molecule has 1 aromatic heterocycles.